The second kappa shape index (κ2) is 6.32. The molecule has 3 nitrogen and oxygen atoms in total. The van der Waals surface area contributed by atoms with Gasteiger partial charge >= 0.3 is 0 Å². The van der Waals surface area contributed by atoms with Gasteiger partial charge in [-0.2, -0.15) is 0 Å². The molecule has 1 aromatic heterocycles. The standard InChI is InChI=1S/C17H25N3S/c1-4-8-18-15-7-9-20(13(3)12(15)2)14-5-6-16-17(10-14)21-11-19-16/h5-6,10-13,15,18H,4,7-9H2,1-3H3. The SMILES string of the molecule is CCCNC1CCN(c2ccc3ncsc3c2)C(C)C1C. The third kappa shape index (κ3) is 2.92. The monoisotopic (exact) mass is 303 g/mol. The fourth-order valence-electron chi connectivity index (χ4n) is 3.37. The summed E-state index contributed by atoms with van der Waals surface area (Å²) in [6.45, 7) is 9.25. The second-order valence-corrected chi connectivity index (χ2v) is 7.03. The molecule has 1 N–H and O–H groups in total. The van der Waals surface area contributed by atoms with E-state index >= 15 is 0 Å². The zero-order valence-electron chi connectivity index (χ0n) is 13.2. The Balaban J connectivity index is 1.77. The predicted octanol–water partition coefficient (Wildman–Crippen LogP) is 3.90. The summed E-state index contributed by atoms with van der Waals surface area (Å²) >= 11 is 1.73. The van der Waals surface area contributed by atoms with E-state index in [1.165, 1.54) is 23.2 Å². The summed E-state index contributed by atoms with van der Waals surface area (Å²) < 4.78 is 1.29. The molecule has 3 rings (SSSR count). The Morgan fingerprint density at radius 2 is 2.24 bits per heavy atom. The smallest absolute Gasteiger partial charge is 0.0813 e. The van der Waals surface area contributed by atoms with E-state index in [1.54, 1.807) is 11.3 Å². The first-order valence-corrected chi connectivity index (χ1v) is 8.92. The van der Waals surface area contributed by atoms with Crippen LogP contribution in [-0.4, -0.2) is 30.2 Å². The predicted molar refractivity (Wildman–Crippen MR) is 92.3 cm³/mol. The Bertz CT molecular complexity index is 594. The normalized spacial score (nSPS) is 26.4. The van der Waals surface area contributed by atoms with Gasteiger partial charge in [0.15, 0.2) is 0 Å². The van der Waals surface area contributed by atoms with Gasteiger partial charge in [-0.05, 0) is 50.4 Å². The first-order valence-electron chi connectivity index (χ1n) is 8.04. The van der Waals surface area contributed by atoms with Crippen LogP contribution in [0.4, 0.5) is 5.69 Å². The number of thiazole rings is 1. The van der Waals surface area contributed by atoms with Crippen LogP contribution in [0, 0.1) is 5.92 Å². The van der Waals surface area contributed by atoms with E-state index in [0.717, 1.165) is 18.6 Å². The topological polar surface area (TPSA) is 28.2 Å². The number of hydrogen-bond acceptors (Lipinski definition) is 4. The number of aromatic nitrogens is 1. The average Bonchev–Trinajstić information content (AvgIpc) is 2.96. The number of piperidine rings is 1. The molecule has 4 heteroatoms. The van der Waals surface area contributed by atoms with Gasteiger partial charge in [-0.3, -0.25) is 0 Å². The van der Waals surface area contributed by atoms with Gasteiger partial charge in [0.2, 0.25) is 0 Å². The molecule has 0 radical (unpaired) electrons. The molecule has 3 unspecified atom stereocenters. The Labute approximate surface area is 131 Å². The molecule has 2 aromatic rings. The Morgan fingerprint density at radius 1 is 1.38 bits per heavy atom. The van der Waals surface area contributed by atoms with Gasteiger partial charge in [0.25, 0.3) is 0 Å². The Kier molecular flexibility index (Phi) is 4.45. The highest BCUT2D eigenvalue weighted by molar-refractivity contribution is 7.16. The van der Waals surface area contributed by atoms with Crippen LogP contribution >= 0.6 is 11.3 Å². The number of rotatable bonds is 4. The Hall–Kier alpha value is -1.13. The largest absolute Gasteiger partial charge is 0.368 e. The summed E-state index contributed by atoms with van der Waals surface area (Å²) in [4.78, 5) is 6.94. The van der Waals surface area contributed by atoms with Crippen molar-refractivity contribution >= 4 is 27.2 Å². The van der Waals surface area contributed by atoms with Crippen LogP contribution in [0.25, 0.3) is 10.2 Å². The Morgan fingerprint density at radius 3 is 3.05 bits per heavy atom. The summed E-state index contributed by atoms with van der Waals surface area (Å²) in [6.07, 6.45) is 2.44. The number of nitrogens with one attached hydrogen (secondary N) is 1. The van der Waals surface area contributed by atoms with E-state index in [4.69, 9.17) is 0 Å². The molecule has 1 fully saturated rings. The van der Waals surface area contributed by atoms with Crippen LogP contribution < -0.4 is 10.2 Å². The van der Waals surface area contributed by atoms with Crippen molar-refractivity contribution in [1.29, 1.82) is 0 Å². The van der Waals surface area contributed by atoms with E-state index in [9.17, 15) is 0 Å². The zero-order valence-corrected chi connectivity index (χ0v) is 14.0. The molecule has 21 heavy (non-hydrogen) atoms. The molecule has 2 heterocycles. The quantitative estimate of drug-likeness (QED) is 0.928. The van der Waals surface area contributed by atoms with Crippen molar-refractivity contribution in [2.24, 2.45) is 5.92 Å². The molecule has 0 bridgehead atoms. The molecule has 1 aliphatic heterocycles. The summed E-state index contributed by atoms with van der Waals surface area (Å²) in [5, 5.41) is 3.71. The van der Waals surface area contributed by atoms with Gasteiger partial charge in [0.1, 0.15) is 0 Å². The molecular weight excluding hydrogens is 278 g/mol. The van der Waals surface area contributed by atoms with E-state index in [1.807, 2.05) is 5.51 Å². The lowest BCUT2D eigenvalue weighted by Crippen LogP contribution is -2.53. The van der Waals surface area contributed by atoms with Crippen LogP contribution in [0.3, 0.4) is 0 Å². The molecule has 1 aliphatic rings. The van der Waals surface area contributed by atoms with E-state index in [0.29, 0.717) is 18.0 Å². The molecule has 114 valence electrons. The van der Waals surface area contributed by atoms with Gasteiger partial charge < -0.3 is 10.2 Å². The molecule has 3 atom stereocenters. The van der Waals surface area contributed by atoms with Crippen LogP contribution in [-0.2, 0) is 0 Å². The number of benzene rings is 1. The lowest BCUT2D eigenvalue weighted by Gasteiger charge is -2.44. The van der Waals surface area contributed by atoms with Gasteiger partial charge in [0.05, 0.1) is 15.7 Å². The molecule has 0 spiro atoms. The third-order valence-corrected chi connectivity index (χ3v) is 5.66. The lowest BCUT2D eigenvalue weighted by atomic mass is 9.86. The fraction of sp³-hybridized carbons (Fsp3) is 0.588. The zero-order chi connectivity index (χ0) is 14.8. The fourth-order valence-corrected chi connectivity index (χ4v) is 4.08. The molecule has 0 saturated carbocycles. The van der Waals surface area contributed by atoms with Crippen LogP contribution in [0.5, 0.6) is 0 Å². The minimum Gasteiger partial charge on any atom is -0.368 e. The summed E-state index contributed by atoms with van der Waals surface area (Å²) in [7, 11) is 0. The highest BCUT2D eigenvalue weighted by Crippen LogP contribution is 2.31. The first-order chi connectivity index (χ1) is 10.2. The summed E-state index contributed by atoms with van der Waals surface area (Å²) in [5.74, 6) is 0.669. The molecule has 0 aliphatic carbocycles. The highest BCUT2D eigenvalue weighted by Gasteiger charge is 2.32. The van der Waals surface area contributed by atoms with Crippen molar-refractivity contribution in [2.45, 2.75) is 45.7 Å². The molecular formula is C17H25N3S. The number of fused-ring (bicyclic) bond motifs is 1. The molecule has 1 saturated heterocycles. The van der Waals surface area contributed by atoms with Gasteiger partial charge in [0, 0.05) is 24.3 Å². The lowest BCUT2D eigenvalue weighted by molar-refractivity contribution is 0.271. The molecule has 1 aromatic carbocycles. The summed E-state index contributed by atoms with van der Waals surface area (Å²) in [5.41, 5.74) is 4.39. The van der Waals surface area contributed by atoms with Gasteiger partial charge in [-0.25, -0.2) is 4.98 Å². The van der Waals surface area contributed by atoms with Crippen molar-refractivity contribution in [3.63, 3.8) is 0 Å². The van der Waals surface area contributed by atoms with Crippen molar-refractivity contribution < 1.29 is 0 Å². The van der Waals surface area contributed by atoms with Gasteiger partial charge in [-0.15, -0.1) is 11.3 Å². The maximum atomic E-state index is 4.37. The van der Waals surface area contributed by atoms with Crippen molar-refractivity contribution in [3.8, 4) is 0 Å². The summed E-state index contributed by atoms with van der Waals surface area (Å²) in [6, 6.07) is 7.91. The van der Waals surface area contributed by atoms with Crippen LogP contribution in [0.2, 0.25) is 0 Å². The molecule has 0 amide bonds. The average molecular weight is 303 g/mol. The van der Waals surface area contributed by atoms with Crippen molar-refractivity contribution in [3.05, 3.63) is 23.7 Å². The first kappa shape index (κ1) is 14.8. The van der Waals surface area contributed by atoms with Crippen molar-refractivity contribution in [1.82, 2.24) is 10.3 Å². The van der Waals surface area contributed by atoms with Crippen LogP contribution in [0.1, 0.15) is 33.6 Å². The highest BCUT2D eigenvalue weighted by atomic mass is 32.1. The minimum absolute atomic E-state index is 0.568. The third-order valence-electron chi connectivity index (χ3n) is 4.87. The van der Waals surface area contributed by atoms with E-state index in [-0.39, 0.29) is 0 Å². The maximum Gasteiger partial charge on any atom is 0.0813 e. The number of anilines is 1. The van der Waals surface area contributed by atoms with Crippen molar-refractivity contribution in [2.75, 3.05) is 18.0 Å². The second-order valence-electron chi connectivity index (χ2n) is 6.15. The minimum atomic E-state index is 0.568. The van der Waals surface area contributed by atoms with Crippen LogP contribution in [0.15, 0.2) is 23.7 Å². The van der Waals surface area contributed by atoms with E-state index in [2.05, 4.69) is 54.2 Å². The van der Waals surface area contributed by atoms with E-state index < -0.39 is 0 Å². The number of hydrogen-bond donors (Lipinski definition) is 1. The number of nitrogens with zero attached hydrogens (tertiary/aromatic N) is 2. The maximum absolute atomic E-state index is 4.37. The van der Waals surface area contributed by atoms with Gasteiger partial charge in [-0.1, -0.05) is 13.8 Å².